The van der Waals surface area contributed by atoms with Gasteiger partial charge in [0, 0.05) is 51.7 Å². The summed E-state index contributed by atoms with van der Waals surface area (Å²) in [6.45, 7) is 12.6. The Morgan fingerprint density at radius 1 is 1.35 bits per heavy atom. The Hall–Kier alpha value is -1.30. The third kappa shape index (κ3) is 6.77. The van der Waals surface area contributed by atoms with Crippen LogP contribution in [0.25, 0.3) is 0 Å². The van der Waals surface area contributed by atoms with Gasteiger partial charge < -0.3 is 16.0 Å². The molecule has 6 heteroatoms. The number of nitrogens with zero attached hydrogens (tertiary/aromatic N) is 3. The zero-order valence-corrected chi connectivity index (χ0v) is 15.5. The number of aliphatic imine (C=N–C) groups is 1. The molecule has 0 bridgehead atoms. The maximum Gasteiger partial charge on any atom is 0.217 e. The van der Waals surface area contributed by atoms with E-state index in [9.17, 15) is 4.79 Å². The molecule has 3 N–H and O–H groups in total. The number of likely N-dealkylation sites (tertiary alicyclic amines) is 1. The van der Waals surface area contributed by atoms with Crippen molar-refractivity contribution in [2.75, 3.05) is 33.2 Å². The predicted molar refractivity (Wildman–Crippen MR) is 96.4 cm³/mol. The summed E-state index contributed by atoms with van der Waals surface area (Å²) in [5, 5.41) is 3.47. The first-order valence-electron chi connectivity index (χ1n) is 8.84. The number of guanidine groups is 1. The first-order chi connectivity index (χ1) is 10.8. The summed E-state index contributed by atoms with van der Waals surface area (Å²) in [6.07, 6.45) is 2.63. The van der Waals surface area contributed by atoms with Gasteiger partial charge in [0.25, 0.3) is 0 Å². The van der Waals surface area contributed by atoms with Crippen molar-refractivity contribution in [2.24, 2.45) is 16.6 Å². The minimum Gasteiger partial charge on any atom is -0.370 e. The lowest BCUT2D eigenvalue weighted by Gasteiger charge is -2.35. The number of primary amides is 1. The Morgan fingerprint density at radius 2 is 2.00 bits per heavy atom. The van der Waals surface area contributed by atoms with Crippen molar-refractivity contribution in [3.63, 3.8) is 0 Å². The van der Waals surface area contributed by atoms with Crippen LogP contribution in [0, 0.1) is 5.92 Å². The zero-order valence-electron chi connectivity index (χ0n) is 15.5. The lowest BCUT2D eigenvalue weighted by molar-refractivity contribution is -0.119. The lowest BCUT2D eigenvalue weighted by atomic mass is 9.95. The molecule has 1 aliphatic heterocycles. The van der Waals surface area contributed by atoms with Gasteiger partial charge in [-0.15, -0.1) is 0 Å². The van der Waals surface area contributed by atoms with Gasteiger partial charge in [-0.3, -0.25) is 14.7 Å². The van der Waals surface area contributed by atoms with E-state index in [-0.39, 0.29) is 5.91 Å². The Morgan fingerprint density at radius 3 is 2.52 bits per heavy atom. The molecule has 0 aromatic carbocycles. The number of nitrogens with two attached hydrogens (primary N) is 1. The summed E-state index contributed by atoms with van der Waals surface area (Å²) in [5.74, 6) is 1.08. The summed E-state index contributed by atoms with van der Waals surface area (Å²) < 4.78 is 0. The second kappa shape index (κ2) is 9.75. The average molecular weight is 326 g/mol. The monoisotopic (exact) mass is 325 g/mol. The highest BCUT2D eigenvalue weighted by atomic mass is 16.1. The van der Waals surface area contributed by atoms with Gasteiger partial charge in [-0.05, 0) is 46.5 Å². The van der Waals surface area contributed by atoms with Gasteiger partial charge in [-0.1, -0.05) is 0 Å². The smallest absolute Gasteiger partial charge is 0.217 e. The van der Waals surface area contributed by atoms with Crippen LogP contribution in [-0.4, -0.2) is 67.0 Å². The normalized spacial score (nSPS) is 19.7. The number of nitrogens with one attached hydrogen (secondary N) is 1. The summed E-state index contributed by atoms with van der Waals surface area (Å²) in [5.41, 5.74) is 5.34. The number of amides is 1. The van der Waals surface area contributed by atoms with Gasteiger partial charge in [0.15, 0.2) is 5.96 Å². The number of piperidine rings is 1. The highest BCUT2D eigenvalue weighted by Crippen LogP contribution is 2.19. The fourth-order valence-electron chi connectivity index (χ4n) is 3.45. The summed E-state index contributed by atoms with van der Waals surface area (Å²) in [4.78, 5) is 20.3. The molecule has 0 spiro atoms. The highest BCUT2D eigenvalue weighted by Gasteiger charge is 2.23. The van der Waals surface area contributed by atoms with E-state index >= 15 is 0 Å². The SMILES string of the molecule is CN=C(NCCN(C(C)C)C(C)C)N1CCCC(CC(N)=O)C1. The molecule has 1 aliphatic rings. The van der Waals surface area contributed by atoms with E-state index in [4.69, 9.17) is 5.73 Å². The Kier molecular flexibility index (Phi) is 8.37. The van der Waals surface area contributed by atoms with Crippen LogP contribution < -0.4 is 11.1 Å². The molecule has 0 aliphatic carbocycles. The van der Waals surface area contributed by atoms with Gasteiger partial charge in [0.05, 0.1) is 0 Å². The molecular formula is C17H35N5O. The van der Waals surface area contributed by atoms with Crippen LogP contribution in [0.3, 0.4) is 0 Å². The molecule has 0 radical (unpaired) electrons. The fourth-order valence-corrected chi connectivity index (χ4v) is 3.45. The third-order valence-corrected chi connectivity index (χ3v) is 4.50. The van der Waals surface area contributed by atoms with Crippen LogP contribution in [0.15, 0.2) is 4.99 Å². The number of rotatable bonds is 7. The number of hydrogen-bond donors (Lipinski definition) is 2. The second-order valence-electron chi connectivity index (χ2n) is 7.02. The minimum atomic E-state index is -0.204. The minimum absolute atomic E-state index is 0.204. The first-order valence-corrected chi connectivity index (χ1v) is 8.84. The fraction of sp³-hybridized carbons (Fsp3) is 0.882. The maximum absolute atomic E-state index is 11.1. The molecule has 23 heavy (non-hydrogen) atoms. The van der Waals surface area contributed by atoms with E-state index < -0.39 is 0 Å². The standard InChI is InChI=1S/C17H35N5O/c1-13(2)22(14(3)4)10-8-20-17(19-5)21-9-6-7-15(12-21)11-16(18)23/h13-15H,6-12H2,1-5H3,(H2,18,23)(H,19,20). The molecule has 0 aromatic rings. The molecule has 0 aromatic heterocycles. The molecule has 1 heterocycles. The number of carbonyl (C=O) groups is 1. The molecular weight excluding hydrogens is 290 g/mol. The quantitative estimate of drug-likeness (QED) is 0.546. The van der Waals surface area contributed by atoms with Crippen LogP contribution in [-0.2, 0) is 4.79 Å². The predicted octanol–water partition coefficient (Wildman–Crippen LogP) is 1.27. The number of carbonyl (C=O) groups excluding carboxylic acids is 1. The average Bonchev–Trinajstić information content (AvgIpc) is 2.46. The number of hydrogen-bond acceptors (Lipinski definition) is 3. The Balaban J connectivity index is 2.49. The summed E-state index contributed by atoms with van der Waals surface area (Å²) in [7, 11) is 1.82. The molecule has 0 saturated carbocycles. The molecule has 1 rings (SSSR count). The Labute approximate surface area is 141 Å². The molecule has 1 saturated heterocycles. The van der Waals surface area contributed by atoms with E-state index in [1.54, 1.807) is 0 Å². The van der Waals surface area contributed by atoms with Crippen molar-refractivity contribution in [3.8, 4) is 0 Å². The highest BCUT2D eigenvalue weighted by molar-refractivity contribution is 5.80. The molecule has 1 fully saturated rings. The topological polar surface area (TPSA) is 74.0 Å². The molecule has 1 atom stereocenters. The van der Waals surface area contributed by atoms with Crippen molar-refractivity contribution < 1.29 is 4.79 Å². The van der Waals surface area contributed by atoms with Crippen LogP contribution in [0.1, 0.15) is 47.0 Å². The summed E-state index contributed by atoms with van der Waals surface area (Å²) >= 11 is 0. The van der Waals surface area contributed by atoms with Crippen molar-refractivity contribution in [1.29, 1.82) is 0 Å². The molecule has 1 amide bonds. The van der Waals surface area contributed by atoms with Crippen LogP contribution in [0.4, 0.5) is 0 Å². The zero-order chi connectivity index (χ0) is 17.4. The third-order valence-electron chi connectivity index (χ3n) is 4.50. The second-order valence-corrected chi connectivity index (χ2v) is 7.02. The van der Waals surface area contributed by atoms with Gasteiger partial charge in [0.1, 0.15) is 0 Å². The van der Waals surface area contributed by atoms with Crippen LogP contribution >= 0.6 is 0 Å². The molecule has 134 valence electrons. The van der Waals surface area contributed by atoms with Crippen LogP contribution in [0.5, 0.6) is 0 Å². The van der Waals surface area contributed by atoms with Gasteiger partial charge in [0.2, 0.25) is 5.91 Å². The van der Waals surface area contributed by atoms with Crippen molar-refractivity contribution >= 4 is 11.9 Å². The van der Waals surface area contributed by atoms with E-state index in [2.05, 4.69) is 47.8 Å². The van der Waals surface area contributed by atoms with E-state index in [1.165, 1.54) is 0 Å². The molecule has 6 nitrogen and oxygen atoms in total. The first kappa shape index (κ1) is 19.7. The lowest BCUT2D eigenvalue weighted by Crippen LogP contribution is -2.49. The van der Waals surface area contributed by atoms with Gasteiger partial charge in [-0.25, -0.2) is 0 Å². The summed E-state index contributed by atoms with van der Waals surface area (Å²) in [6, 6.07) is 1.07. The van der Waals surface area contributed by atoms with Gasteiger partial charge >= 0.3 is 0 Å². The maximum atomic E-state index is 11.1. The Bertz CT molecular complexity index is 386. The van der Waals surface area contributed by atoms with Crippen molar-refractivity contribution in [2.45, 2.75) is 59.0 Å². The van der Waals surface area contributed by atoms with Crippen molar-refractivity contribution in [3.05, 3.63) is 0 Å². The van der Waals surface area contributed by atoms with Crippen molar-refractivity contribution in [1.82, 2.24) is 15.1 Å². The van der Waals surface area contributed by atoms with E-state index in [0.29, 0.717) is 24.4 Å². The van der Waals surface area contributed by atoms with Gasteiger partial charge in [-0.2, -0.15) is 0 Å². The largest absolute Gasteiger partial charge is 0.370 e. The van der Waals surface area contributed by atoms with E-state index in [0.717, 1.165) is 45.0 Å². The van der Waals surface area contributed by atoms with E-state index in [1.807, 2.05) is 7.05 Å². The molecule has 1 unspecified atom stereocenters. The van der Waals surface area contributed by atoms with Crippen LogP contribution in [0.2, 0.25) is 0 Å².